The molecule has 5 heteroatoms. The van der Waals surface area contributed by atoms with Crippen molar-refractivity contribution >= 4 is 0 Å². The molecule has 0 radical (unpaired) electrons. The van der Waals surface area contributed by atoms with Crippen LogP contribution in [0.3, 0.4) is 0 Å². The SMILES string of the molecule is CC1CNCC(C(F)(F)F)O1. The molecule has 1 aliphatic rings. The van der Waals surface area contributed by atoms with Crippen LogP contribution in [0.2, 0.25) is 0 Å². The fourth-order valence-corrected chi connectivity index (χ4v) is 0.987. The van der Waals surface area contributed by atoms with Crippen molar-refractivity contribution in [2.24, 2.45) is 0 Å². The average Bonchev–Trinajstić information content (AvgIpc) is 1.86. The highest BCUT2D eigenvalue weighted by atomic mass is 19.4. The Morgan fingerprint density at radius 3 is 2.36 bits per heavy atom. The first-order valence-electron chi connectivity index (χ1n) is 3.43. The molecule has 2 unspecified atom stereocenters. The number of rotatable bonds is 0. The molecule has 1 N–H and O–H groups in total. The van der Waals surface area contributed by atoms with Gasteiger partial charge in [0.05, 0.1) is 6.10 Å². The summed E-state index contributed by atoms with van der Waals surface area (Å²) in [6.07, 6.45) is -6.22. The van der Waals surface area contributed by atoms with E-state index < -0.39 is 12.3 Å². The Balaban J connectivity index is 2.46. The number of halogens is 3. The lowest BCUT2D eigenvalue weighted by Gasteiger charge is -2.29. The molecule has 0 aromatic rings. The Bertz CT molecular complexity index is 136. The second-order valence-corrected chi connectivity index (χ2v) is 2.64. The summed E-state index contributed by atoms with van der Waals surface area (Å²) in [6.45, 7) is 1.98. The molecule has 2 nitrogen and oxygen atoms in total. The smallest absolute Gasteiger partial charge is 0.363 e. The van der Waals surface area contributed by atoms with Gasteiger partial charge in [-0.2, -0.15) is 13.2 Å². The van der Waals surface area contributed by atoms with Gasteiger partial charge in [-0.05, 0) is 6.92 Å². The zero-order valence-corrected chi connectivity index (χ0v) is 6.11. The van der Waals surface area contributed by atoms with Crippen LogP contribution in [0.15, 0.2) is 0 Å². The van der Waals surface area contributed by atoms with Gasteiger partial charge >= 0.3 is 6.18 Å². The normalized spacial score (nSPS) is 33.8. The lowest BCUT2D eigenvalue weighted by Crippen LogP contribution is -2.50. The molecular formula is C6H10F3NO. The standard InChI is InChI=1S/C6H10F3NO/c1-4-2-10-3-5(11-4)6(7,8)9/h4-5,10H,2-3H2,1H3. The van der Waals surface area contributed by atoms with E-state index in [0.717, 1.165) is 0 Å². The molecule has 1 aliphatic heterocycles. The second kappa shape index (κ2) is 2.98. The van der Waals surface area contributed by atoms with Gasteiger partial charge in [-0.3, -0.25) is 0 Å². The highest BCUT2D eigenvalue weighted by molar-refractivity contribution is 4.77. The molecule has 2 atom stereocenters. The number of nitrogens with one attached hydrogen (secondary N) is 1. The fraction of sp³-hybridized carbons (Fsp3) is 1.00. The van der Waals surface area contributed by atoms with E-state index in [0.29, 0.717) is 6.54 Å². The van der Waals surface area contributed by atoms with Gasteiger partial charge in [0.1, 0.15) is 0 Å². The number of morpholine rings is 1. The van der Waals surface area contributed by atoms with Gasteiger partial charge in [-0.1, -0.05) is 0 Å². The first kappa shape index (κ1) is 8.80. The molecule has 0 spiro atoms. The molecule has 0 bridgehead atoms. The zero-order valence-electron chi connectivity index (χ0n) is 6.11. The van der Waals surface area contributed by atoms with Crippen LogP contribution in [0.4, 0.5) is 13.2 Å². The molecule has 0 saturated carbocycles. The molecule has 11 heavy (non-hydrogen) atoms. The molecule has 0 aromatic carbocycles. The summed E-state index contributed by atoms with van der Waals surface area (Å²) in [5.41, 5.74) is 0. The van der Waals surface area contributed by atoms with E-state index in [1.165, 1.54) is 0 Å². The molecule has 1 fully saturated rings. The Hall–Kier alpha value is -0.290. The van der Waals surface area contributed by atoms with E-state index in [4.69, 9.17) is 0 Å². The minimum Gasteiger partial charge on any atom is -0.363 e. The summed E-state index contributed by atoms with van der Waals surface area (Å²) >= 11 is 0. The summed E-state index contributed by atoms with van der Waals surface area (Å²) < 4.78 is 40.5. The van der Waals surface area contributed by atoms with Gasteiger partial charge in [0.2, 0.25) is 0 Å². The summed E-state index contributed by atoms with van der Waals surface area (Å²) in [4.78, 5) is 0. The van der Waals surface area contributed by atoms with Crippen molar-refractivity contribution < 1.29 is 17.9 Å². The quantitative estimate of drug-likeness (QED) is 0.582. The monoisotopic (exact) mass is 169 g/mol. The number of ether oxygens (including phenoxy) is 1. The molecule has 0 amide bonds. The Kier molecular flexibility index (Phi) is 2.39. The van der Waals surface area contributed by atoms with E-state index in [1.54, 1.807) is 6.92 Å². The Labute approximate surface area is 62.7 Å². The van der Waals surface area contributed by atoms with Crippen molar-refractivity contribution in [2.75, 3.05) is 13.1 Å². The fourth-order valence-electron chi connectivity index (χ4n) is 0.987. The number of hydrogen-bond donors (Lipinski definition) is 1. The van der Waals surface area contributed by atoms with Crippen LogP contribution in [-0.2, 0) is 4.74 Å². The van der Waals surface area contributed by atoms with Crippen LogP contribution < -0.4 is 5.32 Å². The highest BCUT2D eigenvalue weighted by Gasteiger charge is 2.42. The lowest BCUT2D eigenvalue weighted by molar-refractivity contribution is -0.237. The summed E-state index contributed by atoms with van der Waals surface area (Å²) in [5.74, 6) is 0. The van der Waals surface area contributed by atoms with E-state index in [-0.39, 0.29) is 12.6 Å². The lowest BCUT2D eigenvalue weighted by atomic mass is 10.2. The molecule has 66 valence electrons. The van der Waals surface area contributed by atoms with Crippen molar-refractivity contribution in [3.8, 4) is 0 Å². The van der Waals surface area contributed by atoms with Crippen LogP contribution in [0.1, 0.15) is 6.92 Å². The van der Waals surface area contributed by atoms with E-state index in [2.05, 4.69) is 10.1 Å². The van der Waals surface area contributed by atoms with Crippen LogP contribution in [0.5, 0.6) is 0 Å². The van der Waals surface area contributed by atoms with Crippen LogP contribution in [0.25, 0.3) is 0 Å². The Morgan fingerprint density at radius 2 is 2.00 bits per heavy atom. The summed E-state index contributed by atoms with van der Waals surface area (Å²) in [6, 6.07) is 0. The van der Waals surface area contributed by atoms with Crippen LogP contribution in [0, 0.1) is 0 Å². The molecule has 1 heterocycles. The Morgan fingerprint density at radius 1 is 1.36 bits per heavy atom. The second-order valence-electron chi connectivity index (χ2n) is 2.64. The minimum atomic E-state index is -4.23. The summed E-state index contributed by atoms with van der Waals surface area (Å²) in [7, 11) is 0. The van der Waals surface area contributed by atoms with Gasteiger partial charge < -0.3 is 10.1 Å². The third kappa shape index (κ3) is 2.34. The molecule has 0 aliphatic carbocycles. The van der Waals surface area contributed by atoms with E-state index >= 15 is 0 Å². The maximum atomic E-state index is 11.9. The van der Waals surface area contributed by atoms with Crippen LogP contribution in [-0.4, -0.2) is 31.5 Å². The van der Waals surface area contributed by atoms with Crippen molar-refractivity contribution in [3.05, 3.63) is 0 Å². The van der Waals surface area contributed by atoms with Crippen molar-refractivity contribution in [1.82, 2.24) is 5.32 Å². The largest absolute Gasteiger partial charge is 0.415 e. The van der Waals surface area contributed by atoms with E-state index in [1.807, 2.05) is 0 Å². The van der Waals surface area contributed by atoms with Gasteiger partial charge in [-0.25, -0.2) is 0 Å². The maximum absolute atomic E-state index is 11.9. The van der Waals surface area contributed by atoms with Gasteiger partial charge in [0.25, 0.3) is 0 Å². The first-order valence-corrected chi connectivity index (χ1v) is 3.43. The van der Waals surface area contributed by atoms with Crippen molar-refractivity contribution in [3.63, 3.8) is 0 Å². The zero-order chi connectivity index (χ0) is 8.48. The molecule has 1 rings (SSSR count). The number of hydrogen-bond acceptors (Lipinski definition) is 2. The first-order chi connectivity index (χ1) is 5.00. The van der Waals surface area contributed by atoms with Crippen molar-refractivity contribution in [2.45, 2.75) is 25.3 Å². The van der Waals surface area contributed by atoms with Gasteiger partial charge in [0, 0.05) is 13.1 Å². The van der Waals surface area contributed by atoms with Gasteiger partial charge in [-0.15, -0.1) is 0 Å². The predicted octanol–water partition coefficient (Wildman–Crippen LogP) is 0.926. The predicted molar refractivity (Wildman–Crippen MR) is 33.3 cm³/mol. The summed E-state index contributed by atoms with van der Waals surface area (Å²) in [5, 5.41) is 2.65. The minimum absolute atomic E-state index is 0.131. The third-order valence-electron chi connectivity index (χ3n) is 1.52. The topological polar surface area (TPSA) is 21.3 Å². The average molecular weight is 169 g/mol. The highest BCUT2D eigenvalue weighted by Crippen LogP contribution is 2.24. The van der Waals surface area contributed by atoms with E-state index in [9.17, 15) is 13.2 Å². The van der Waals surface area contributed by atoms with Crippen molar-refractivity contribution in [1.29, 1.82) is 0 Å². The molecular weight excluding hydrogens is 159 g/mol. The third-order valence-corrected chi connectivity index (χ3v) is 1.52. The maximum Gasteiger partial charge on any atom is 0.415 e. The molecule has 0 aromatic heterocycles. The van der Waals surface area contributed by atoms with Crippen LogP contribution >= 0.6 is 0 Å². The number of alkyl halides is 3. The molecule has 1 saturated heterocycles. The van der Waals surface area contributed by atoms with Gasteiger partial charge in [0.15, 0.2) is 6.10 Å².